The molecule has 1 atom stereocenters. The second-order valence-corrected chi connectivity index (χ2v) is 5.67. The Morgan fingerprint density at radius 2 is 1.86 bits per heavy atom. The van der Waals surface area contributed by atoms with Gasteiger partial charge in [-0.1, -0.05) is 0 Å². The van der Waals surface area contributed by atoms with Gasteiger partial charge in [0.1, 0.15) is 0 Å². The molecule has 0 aliphatic rings. The Balaban J connectivity index is 2.96. The highest BCUT2D eigenvalue weighted by Crippen LogP contribution is 2.16. The number of benzene rings is 1. The highest BCUT2D eigenvalue weighted by Gasteiger charge is 2.27. The van der Waals surface area contributed by atoms with Crippen LogP contribution in [0.4, 0.5) is 5.69 Å². The van der Waals surface area contributed by atoms with Gasteiger partial charge >= 0.3 is 5.97 Å². The van der Waals surface area contributed by atoms with Crippen molar-refractivity contribution in [2.75, 3.05) is 13.2 Å². The van der Waals surface area contributed by atoms with E-state index >= 15 is 0 Å². The lowest BCUT2D eigenvalue weighted by Crippen LogP contribution is -2.43. The van der Waals surface area contributed by atoms with Crippen molar-refractivity contribution in [2.45, 2.75) is 25.0 Å². The van der Waals surface area contributed by atoms with E-state index in [0.717, 1.165) is 24.3 Å². The zero-order valence-electron chi connectivity index (χ0n) is 12.0. The van der Waals surface area contributed by atoms with Gasteiger partial charge in [0.2, 0.25) is 16.3 Å². The molecule has 122 valence electrons. The van der Waals surface area contributed by atoms with Crippen LogP contribution >= 0.6 is 0 Å². The van der Waals surface area contributed by atoms with E-state index in [4.69, 9.17) is 9.47 Å². The molecule has 0 aliphatic carbocycles. The van der Waals surface area contributed by atoms with Gasteiger partial charge in [-0.05, 0) is 26.0 Å². The van der Waals surface area contributed by atoms with Crippen molar-refractivity contribution in [3.63, 3.8) is 0 Å². The molecule has 0 aliphatic heterocycles. The number of rotatable bonds is 8. The number of carbonyl (C=O) groups excluding carboxylic acids is 1. The van der Waals surface area contributed by atoms with Gasteiger partial charge < -0.3 is 9.47 Å². The zero-order chi connectivity index (χ0) is 16.8. The van der Waals surface area contributed by atoms with E-state index in [1.165, 1.54) is 0 Å². The number of carbonyl (C=O) groups is 1. The third-order valence-electron chi connectivity index (χ3n) is 2.45. The summed E-state index contributed by atoms with van der Waals surface area (Å²) in [4.78, 5) is 21.3. The van der Waals surface area contributed by atoms with Crippen LogP contribution in [0.25, 0.3) is 0 Å². The van der Waals surface area contributed by atoms with E-state index in [1.54, 1.807) is 13.8 Å². The number of hydrogen-bond donors (Lipinski definition) is 1. The van der Waals surface area contributed by atoms with Crippen LogP contribution in [0.1, 0.15) is 13.8 Å². The van der Waals surface area contributed by atoms with Crippen molar-refractivity contribution >= 4 is 21.7 Å². The molecule has 0 saturated carbocycles. The summed E-state index contributed by atoms with van der Waals surface area (Å²) in [5, 5.41) is 10.5. The van der Waals surface area contributed by atoms with Crippen molar-refractivity contribution in [3.05, 3.63) is 34.4 Å². The molecule has 0 radical (unpaired) electrons. The Labute approximate surface area is 127 Å². The normalized spacial score (nSPS) is 12.6. The number of sulfonamides is 1. The number of nitro groups is 1. The Hall–Kier alpha value is -2.04. The van der Waals surface area contributed by atoms with Crippen LogP contribution in [0.5, 0.6) is 0 Å². The first-order chi connectivity index (χ1) is 10.3. The Bertz CT molecular complexity index is 627. The standard InChI is InChI=1S/C12H16N2O7S/c1-3-20-11(12(15)21-4-2)13-22(18,19)10-7-5-9(6-8-10)14(16)17/h5-8,11,13H,3-4H2,1-2H3. The molecule has 1 aromatic carbocycles. The predicted octanol–water partition coefficient (Wildman–Crippen LogP) is 0.799. The van der Waals surface area contributed by atoms with E-state index < -0.39 is 27.1 Å². The second-order valence-electron chi connectivity index (χ2n) is 3.96. The first kappa shape index (κ1) is 18.0. The molecule has 0 fully saturated rings. The Kier molecular flexibility index (Phi) is 6.40. The maximum Gasteiger partial charge on any atom is 0.351 e. The Morgan fingerprint density at radius 3 is 2.32 bits per heavy atom. The van der Waals surface area contributed by atoms with Gasteiger partial charge in [0.25, 0.3) is 5.69 Å². The maximum atomic E-state index is 12.1. The van der Waals surface area contributed by atoms with Crippen LogP contribution in [-0.2, 0) is 24.3 Å². The fourth-order valence-electron chi connectivity index (χ4n) is 1.49. The average molecular weight is 332 g/mol. The van der Waals surface area contributed by atoms with Crippen LogP contribution in [0.3, 0.4) is 0 Å². The number of nitro benzene ring substituents is 1. The summed E-state index contributed by atoms with van der Waals surface area (Å²) < 4.78 is 36.0. The van der Waals surface area contributed by atoms with Crippen LogP contribution < -0.4 is 4.72 Å². The highest BCUT2D eigenvalue weighted by atomic mass is 32.2. The van der Waals surface area contributed by atoms with Gasteiger partial charge in [0.15, 0.2) is 0 Å². The molecular formula is C12H16N2O7S. The number of nitrogens with zero attached hydrogens (tertiary/aromatic N) is 1. The van der Waals surface area contributed by atoms with Crippen molar-refractivity contribution in [3.8, 4) is 0 Å². The van der Waals surface area contributed by atoms with Gasteiger partial charge in [0.05, 0.1) is 16.4 Å². The lowest BCUT2D eigenvalue weighted by molar-refractivity contribution is -0.384. The third kappa shape index (κ3) is 4.76. The smallest absolute Gasteiger partial charge is 0.351 e. The molecule has 1 N–H and O–H groups in total. The number of ether oxygens (including phenoxy) is 2. The van der Waals surface area contributed by atoms with Crippen molar-refractivity contribution in [2.24, 2.45) is 0 Å². The summed E-state index contributed by atoms with van der Waals surface area (Å²) in [6, 6.07) is 4.23. The summed E-state index contributed by atoms with van der Waals surface area (Å²) in [7, 11) is -4.09. The van der Waals surface area contributed by atoms with Crippen LogP contribution in [0, 0.1) is 10.1 Å². The second kappa shape index (κ2) is 7.82. The number of esters is 1. The van der Waals surface area contributed by atoms with Gasteiger partial charge in [-0.3, -0.25) is 10.1 Å². The lowest BCUT2D eigenvalue weighted by Gasteiger charge is -2.17. The summed E-state index contributed by atoms with van der Waals surface area (Å²) in [6.07, 6.45) is -1.48. The maximum absolute atomic E-state index is 12.1. The number of nitrogens with one attached hydrogen (secondary N) is 1. The van der Waals surface area contributed by atoms with Crippen molar-refractivity contribution < 1.29 is 27.6 Å². The van der Waals surface area contributed by atoms with Crippen molar-refractivity contribution in [1.82, 2.24) is 4.72 Å². The summed E-state index contributed by atoms with van der Waals surface area (Å²) in [5.74, 6) is -0.866. The van der Waals surface area contributed by atoms with E-state index in [2.05, 4.69) is 0 Å². The largest absolute Gasteiger partial charge is 0.463 e. The molecule has 0 aromatic heterocycles. The zero-order valence-corrected chi connectivity index (χ0v) is 12.8. The fraction of sp³-hybridized carbons (Fsp3) is 0.417. The molecule has 9 nitrogen and oxygen atoms in total. The predicted molar refractivity (Wildman–Crippen MR) is 75.5 cm³/mol. The minimum atomic E-state index is -4.09. The molecular weight excluding hydrogens is 316 g/mol. The molecule has 10 heteroatoms. The van der Waals surface area contributed by atoms with Crippen LogP contribution in [-0.4, -0.2) is 38.8 Å². The average Bonchev–Trinajstić information content (AvgIpc) is 2.47. The molecule has 0 bridgehead atoms. The van der Waals surface area contributed by atoms with Crippen LogP contribution in [0.2, 0.25) is 0 Å². The topological polar surface area (TPSA) is 125 Å². The monoisotopic (exact) mass is 332 g/mol. The van der Waals surface area contributed by atoms with Gasteiger partial charge in [-0.15, -0.1) is 0 Å². The summed E-state index contributed by atoms with van der Waals surface area (Å²) in [6.45, 7) is 3.33. The SMILES string of the molecule is CCOC(=O)C(NS(=O)(=O)c1ccc([N+](=O)[O-])cc1)OCC. The molecule has 0 heterocycles. The molecule has 0 amide bonds. The Morgan fingerprint density at radius 1 is 1.27 bits per heavy atom. The van der Waals surface area contributed by atoms with Crippen molar-refractivity contribution in [1.29, 1.82) is 0 Å². The molecule has 0 spiro atoms. The molecule has 1 rings (SSSR count). The quantitative estimate of drug-likeness (QED) is 0.323. The molecule has 22 heavy (non-hydrogen) atoms. The molecule has 1 aromatic rings. The van der Waals surface area contributed by atoms with Gasteiger partial charge in [-0.2, -0.15) is 4.72 Å². The van der Waals surface area contributed by atoms with Crippen LogP contribution in [0.15, 0.2) is 29.2 Å². The first-order valence-electron chi connectivity index (χ1n) is 6.36. The first-order valence-corrected chi connectivity index (χ1v) is 7.85. The minimum absolute atomic E-state index is 0.0711. The van der Waals surface area contributed by atoms with Gasteiger partial charge in [-0.25, -0.2) is 13.2 Å². The summed E-state index contributed by atoms with van der Waals surface area (Å²) in [5.41, 5.74) is -0.245. The summed E-state index contributed by atoms with van der Waals surface area (Å²) >= 11 is 0. The molecule has 1 unspecified atom stereocenters. The molecule has 0 saturated heterocycles. The third-order valence-corrected chi connectivity index (χ3v) is 3.87. The number of hydrogen-bond acceptors (Lipinski definition) is 7. The van der Waals surface area contributed by atoms with E-state index in [9.17, 15) is 23.3 Å². The van der Waals surface area contributed by atoms with E-state index in [1.807, 2.05) is 4.72 Å². The van der Waals surface area contributed by atoms with E-state index in [0.29, 0.717) is 0 Å². The highest BCUT2D eigenvalue weighted by molar-refractivity contribution is 7.89. The minimum Gasteiger partial charge on any atom is -0.463 e. The number of non-ortho nitro benzene ring substituents is 1. The lowest BCUT2D eigenvalue weighted by atomic mass is 10.3. The van der Waals surface area contributed by atoms with E-state index in [-0.39, 0.29) is 23.8 Å². The van der Waals surface area contributed by atoms with Gasteiger partial charge in [0, 0.05) is 18.7 Å². The fourth-order valence-corrected chi connectivity index (χ4v) is 2.57.